The Morgan fingerprint density at radius 1 is 1.29 bits per heavy atom. The predicted octanol–water partition coefficient (Wildman–Crippen LogP) is 3.27. The average molecular weight is 383 g/mol. The molecule has 0 saturated carbocycles. The average Bonchev–Trinajstić information content (AvgIpc) is 3.03. The van der Waals surface area contributed by atoms with Crippen molar-refractivity contribution in [1.29, 1.82) is 0 Å². The van der Waals surface area contributed by atoms with Crippen LogP contribution in [0.25, 0.3) is 16.8 Å². The highest BCUT2D eigenvalue weighted by atomic mass is 16.6. The zero-order valence-electron chi connectivity index (χ0n) is 16.3. The van der Waals surface area contributed by atoms with Crippen molar-refractivity contribution in [3.8, 4) is 17.0 Å². The van der Waals surface area contributed by atoms with E-state index in [1.807, 2.05) is 45.0 Å². The number of ether oxygens (including phenoxy) is 2. The molecule has 0 aliphatic heterocycles. The molecular weight excluding hydrogens is 358 g/mol. The zero-order valence-corrected chi connectivity index (χ0v) is 16.3. The first-order valence-electron chi connectivity index (χ1n) is 9.12. The fraction of sp³-hybridized carbons (Fsp3) is 0.350. The minimum absolute atomic E-state index is 0.417. The first-order chi connectivity index (χ1) is 13.3. The van der Waals surface area contributed by atoms with Gasteiger partial charge in [-0.1, -0.05) is 12.1 Å². The molecule has 28 heavy (non-hydrogen) atoms. The van der Waals surface area contributed by atoms with Gasteiger partial charge in [0.05, 0.1) is 12.8 Å². The molecule has 2 aromatic heterocycles. The van der Waals surface area contributed by atoms with Crippen LogP contribution in [-0.2, 0) is 4.74 Å². The van der Waals surface area contributed by atoms with E-state index in [1.165, 1.54) is 0 Å². The maximum absolute atomic E-state index is 11.6. The summed E-state index contributed by atoms with van der Waals surface area (Å²) in [6, 6.07) is 9.33. The van der Waals surface area contributed by atoms with Crippen molar-refractivity contribution in [3.63, 3.8) is 0 Å². The molecule has 0 saturated heterocycles. The van der Waals surface area contributed by atoms with Gasteiger partial charge in [0, 0.05) is 30.1 Å². The summed E-state index contributed by atoms with van der Waals surface area (Å²) in [4.78, 5) is 16.1. The third kappa shape index (κ3) is 5.12. The Hall–Kier alpha value is -3.29. The largest absolute Gasteiger partial charge is 0.478 e. The van der Waals surface area contributed by atoms with Crippen molar-refractivity contribution >= 4 is 17.4 Å². The van der Waals surface area contributed by atoms with Crippen molar-refractivity contribution in [3.05, 3.63) is 42.7 Å². The van der Waals surface area contributed by atoms with Crippen molar-refractivity contribution in [1.82, 2.24) is 19.9 Å². The number of hydrogen-bond acceptors (Lipinski definition) is 6. The Balaban J connectivity index is 1.57. The Bertz CT molecular complexity index is 962. The predicted molar refractivity (Wildman–Crippen MR) is 107 cm³/mol. The maximum Gasteiger partial charge on any atom is 0.407 e. The number of alkyl carbamates (subject to hydrolysis) is 1. The Labute approximate surface area is 163 Å². The van der Waals surface area contributed by atoms with Crippen molar-refractivity contribution in [2.24, 2.45) is 0 Å². The molecule has 0 atom stereocenters. The van der Waals surface area contributed by atoms with Gasteiger partial charge in [0.25, 0.3) is 0 Å². The van der Waals surface area contributed by atoms with Crippen LogP contribution >= 0.6 is 0 Å². The van der Waals surface area contributed by atoms with Gasteiger partial charge in [-0.05, 0) is 44.9 Å². The van der Waals surface area contributed by atoms with Gasteiger partial charge in [0.2, 0.25) is 5.88 Å². The fourth-order valence-corrected chi connectivity index (χ4v) is 2.60. The van der Waals surface area contributed by atoms with Crippen LogP contribution in [0.1, 0.15) is 27.2 Å². The van der Waals surface area contributed by atoms with Crippen LogP contribution in [0, 0.1) is 0 Å². The summed E-state index contributed by atoms with van der Waals surface area (Å²) in [5.41, 5.74) is 8.57. The molecule has 0 aliphatic carbocycles. The number of hydrogen-bond donors (Lipinski definition) is 2. The number of aromatic nitrogens is 3. The van der Waals surface area contributed by atoms with Crippen LogP contribution in [-0.4, -0.2) is 39.4 Å². The SMILES string of the molecule is CC(C)(C)OC(=O)NCCCOc1ccn2ncc(-c3cccc(N)c3)c2n1. The number of fused-ring (bicyclic) bond motifs is 1. The molecule has 0 radical (unpaired) electrons. The maximum atomic E-state index is 11.6. The number of nitrogens with two attached hydrogens (primary N) is 1. The number of nitrogens with one attached hydrogen (secondary N) is 1. The molecule has 2 heterocycles. The first-order valence-corrected chi connectivity index (χ1v) is 9.12. The summed E-state index contributed by atoms with van der Waals surface area (Å²) in [6.45, 7) is 6.35. The number of amides is 1. The molecule has 1 aromatic carbocycles. The molecule has 3 N–H and O–H groups in total. The Morgan fingerprint density at radius 2 is 2.11 bits per heavy atom. The highest BCUT2D eigenvalue weighted by molar-refractivity contribution is 5.78. The van der Waals surface area contributed by atoms with Crippen LogP contribution in [0.5, 0.6) is 5.88 Å². The van der Waals surface area contributed by atoms with Crippen LogP contribution in [0.2, 0.25) is 0 Å². The Kier molecular flexibility index (Phi) is 5.67. The van der Waals surface area contributed by atoms with Crippen LogP contribution in [0.4, 0.5) is 10.5 Å². The molecule has 3 rings (SSSR count). The fourth-order valence-electron chi connectivity index (χ4n) is 2.60. The van der Waals surface area contributed by atoms with Gasteiger partial charge in [-0.25, -0.2) is 9.31 Å². The van der Waals surface area contributed by atoms with E-state index in [2.05, 4.69) is 15.4 Å². The third-order valence-electron chi connectivity index (χ3n) is 3.78. The standard InChI is InChI=1S/C20H25N5O3/c1-20(2,3)28-19(26)22-9-5-11-27-17-8-10-25-18(24-17)16(13-23-25)14-6-4-7-15(21)12-14/h4,6-8,10,12-13H,5,9,11,21H2,1-3H3,(H,22,26). The van der Waals surface area contributed by atoms with Crippen LogP contribution in [0.3, 0.4) is 0 Å². The number of rotatable bonds is 6. The second-order valence-electron chi connectivity index (χ2n) is 7.35. The Morgan fingerprint density at radius 3 is 2.86 bits per heavy atom. The summed E-state index contributed by atoms with van der Waals surface area (Å²) >= 11 is 0. The number of benzene rings is 1. The molecule has 1 amide bonds. The molecule has 0 spiro atoms. The summed E-state index contributed by atoms with van der Waals surface area (Å²) in [6.07, 6.45) is 3.75. The molecular formula is C20H25N5O3. The lowest BCUT2D eigenvalue weighted by molar-refractivity contribution is 0.0525. The lowest BCUT2D eigenvalue weighted by atomic mass is 10.1. The van der Waals surface area contributed by atoms with E-state index < -0.39 is 11.7 Å². The minimum Gasteiger partial charge on any atom is -0.478 e. The van der Waals surface area contributed by atoms with Gasteiger partial charge in [-0.2, -0.15) is 10.1 Å². The number of nitrogens with zero attached hydrogens (tertiary/aromatic N) is 3. The molecule has 0 unspecified atom stereocenters. The normalized spacial score (nSPS) is 11.4. The molecule has 0 aliphatic rings. The van der Waals surface area contributed by atoms with Crippen LogP contribution < -0.4 is 15.8 Å². The van der Waals surface area contributed by atoms with Gasteiger partial charge in [0.15, 0.2) is 5.65 Å². The summed E-state index contributed by atoms with van der Waals surface area (Å²) < 4.78 is 12.6. The second kappa shape index (κ2) is 8.16. The number of anilines is 1. The van der Waals surface area contributed by atoms with Crippen LogP contribution in [0.15, 0.2) is 42.7 Å². The van der Waals surface area contributed by atoms with E-state index in [1.54, 1.807) is 23.0 Å². The van der Waals surface area contributed by atoms with E-state index in [-0.39, 0.29) is 0 Å². The van der Waals surface area contributed by atoms with Gasteiger partial charge in [-0.15, -0.1) is 0 Å². The summed E-state index contributed by atoms with van der Waals surface area (Å²) in [5, 5.41) is 7.02. The topological polar surface area (TPSA) is 104 Å². The van der Waals surface area contributed by atoms with E-state index in [9.17, 15) is 4.79 Å². The third-order valence-corrected chi connectivity index (χ3v) is 3.78. The number of nitrogen functional groups attached to an aromatic ring is 1. The van der Waals surface area contributed by atoms with Crippen molar-refractivity contribution < 1.29 is 14.3 Å². The number of carbonyl (C=O) groups excluding carboxylic acids is 1. The molecule has 3 aromatic rings. The molecule has 0 fully saturated rings. The molecule has 148 valence electrons. The monoisotopic (exact) mass is 383 g/mol. The molecule has 0 bridgehead atoms. The molecule has 8 nitrogen and oxygen atoms in total. The zero-order chi connectivity index (χ0) is 20.1. The van der Waals surface area contributed by atoms with Gasteiger partial charge in [0.1, 0.15) is 5.60 Å². The van der Waals surface area contributed by atoms with E-state index in [4.69, 9.17) is 15.2 Å². The minimum atomic E-state index is -0.508. The quantitative estimate of drug-likeness (QED) is 0.500. The molecule has 8 heteroatoms. The van der Waals surface area contributed by atoms with Gasteiger partial charge in [-0.3, -0.25) is 0 Å². The highest BCUT2D eigenvalue weighted by Crippen LogP contribution is 2.25. The van der Waals surface area contributed by atoms with Gasteiger partial charge < -0.3 is 20.5 Å². The highest BCUT2D eigenvalue weighted by Gasteiger charge is 2.15. The summed E-state index contributed by atoms with van der Waals surface area (Å²) in [5.74, 6) is 0.496. The first kappa shape index (κ1) is 19.5. The smallest absolute Gasteiger partial charge is 0.407 e. The van der Waals surface area contributed by atoms with Gasteiger partial charge >= 0.3 is 6.09 Å². The van der Waals surface area contributed by atoms with Crippen molar-refractivity contribution in [2.45, 2.75) is 32.8 Å². The second-order valence-corrected chi connectivity index (χ2v) is 7.35. The lowest BCUT2D eigenvalue weighted by Gasteiger charge is -2.19. The number of carbonyl (C=O) groups is 1. The van der Waals surface area contributed by atoms with E-state index in [0.29, 0.717) is 36.8 Å². The van der Waals surface area contributed by atoms with E-state index in [0.717, 1.165) is 11.1 Å². The summed E-state index contributed by atoms with van der Waals surface area (Å²) in [7, 11) is 0. The van der Waals surface area contributed by atoms with Crippen molar-refractivity contribution in [2.75, 3.05) is 18.9 Å². The lowest BCUT2D eigenvalue weighted by Crippen LogP contribution is -2.33. The van der Waals surface area contributed by atoms with E-state index >= 15 is 0 Å².